The fourth-order valence-electron chi connectivity index (χ4n) is 1.85. The summed E-state index contributed by atoms with van der Waals surface area (Å²) < 4.78 is 5.09. The number of pyridine rings is 1. The van der Waals surface area contributed by atoms with E-state index in [-0.39, 0.29) is 5.91 Å². The molecule has 0 atom stereocenters. The molecule has 5 nitrogen and oxygen atoms in total. The number of carbonyl (C=O) groups excluding carboxylic acids is 1. The van der Waals surface area contributed by atoms with Gasteiger partial charge in [-0.15, -0.1) is 0 Å². The van der Waals surface area contributed by atoms with Gasteiger partial charge in [-0.25, -0.2) is 0 Å². The maximum absolute atomic E-state index is 12.3. The first-order chi connectivity index (χ1) is 8.89. The normalized spacial score (nSPS) is 11.2. The molecular weight excluding hydrogens is 242 g/mol. The van der Waals surface area contributed by atoms with Crippen molar-refractivity contribution < 1.29 is 9.53 Å². The molecule has 2 N–H and O–H groups in total. The molecule has 1 rings (SSSR count). The van der Waals surface area contributed by atoms with Crippen LogP contribution < -0.4 is 10.6 Å². The molecule has 106 valence electrons. The molecule has 0 unspecified atom stereocenters. The Kier molecular flexibility index (Phi) is 5.30. The third-order valence-electron chi connectivity index (χ3n) is 2.61. The van der Waals surface area contributed by atoms with Crippen LogP contribution in [0.4, 0.5) is 5.69 Å². The number of nitrogens with zero attached hydrogens (tertiary/aromatic N) is 1. The topological polar surface area (TPSA) is 63.2 Å². The number of aryl methyl sites for hydroxylation is 1. The molecule has 0 fully saturated rings. The van der Waals surface area contributed by atoms with Crippen molar-refractivity contribution in [2.24, 2.45) is 0 Å². The number of hydrogen-bond acceptors (Lipinski definition) is 4. The van der Waals surface area contributed by atoms with Crippen molar-refractivity contribution in [3.05, 3.63) is 23.5 Å². The predicted octanol–water partition coefficient (Wildman–Crippen LogP) is 1.98. The summed E-state index contributed by atoms with van der Waals surface area (Å²) in [7, 11) is 1.62. The summed E-state index contributed by atoms with van der Waals surface area (Å²) in [6.45, 7) is 8.94. The van der Waals surface area contributed by atoms with Crippen LogP contribution in [0.3, 0.4) is 0 Å². The second kappa shape index (κ2) is 6.52. The zero-order chi connectivity index (χ0) is 14.5. The Morgan fingerprint density at radius 2 is 2.16 bits per heavy atom. The minimum atomic E-state index is -0.416. The Labute approximate surface area is 114 Å². The van der Waals surface area contributed by atoms with Crippen LogP contribution in [0.15, 0.2) is 12.3 Å². The first-order valence-corrected chi connectivity index (χ1v) is 6.41. The fourth-order valence-corrected chi connectivity index (χ4v) is 1.85. The lowest BCUT2D eigenvalue weighted by Crippen LogP contribution is -2.47. The first kappa shape index (κ1) is 15.4. The SMILES string of the molecule is CCNc1cc(C)ncc1C(=O)NC(C)(C)COC. The Hall–Kier alpha value is -1.62. The van der Waals surface area contributed by atoms with E-state index in [0.717, 1.165) is 17.9 Å². The highest BCUT2D eigenvalue weighted by Gasteiger charge is 2.22. The van der Waals surface area contributed by atoms with Crippen molar-refractivity contribution in [3.8, 4) is 0 Å². The fraction of sp³-hybridized carbons (Fsp3) is 0.571. The number of anilines is 1. The number of aromatic nitrogens is 1. The molecule has 0 saturated carbocycles. The summed E-state index contributed by atoms with van der Waals surface area (Å²) in [5.74, 6) is -0.148. The van der Waals surface area contributed by atoms with Gasteiger partial charge in [-0.3, -0.25) is 9.78 Å². The van der Waals surface area contributed by atoms with Gasteiger partial charge in [-0.2, -0.15) is 0 Å². The van der Waals surface area contributed by atoms with E-state index in [0.29, 0.717) is 12.2 Å². The second-order valence-electron chi connectivity index (χ2n) is 5.17. The average Bonchev–Trinajstić information content (AvgIpc) is 2.28. The van der Waals surface area contributed by atoms with Gasteiger partial charge >= 0.3 is 0 Å². The minimum absolute atomic E-state index is 0.148. The zero-order valence-electron chi connectivity index (χ0n) is 12.3. The Bertz CT molecular complexity index is 444. The van der Waals surface area contributed by atoms with Gasteiger partial charge in [0.05, 0.1) is 23.4 Å². The number of rotatable bonds is 6. The van der Waals surface area contributed by atoms with E-state index >= 15 is 0 Å². The van der Waals surface area contributed by atoms with E-state index in [2.05, 4.69) is 15.6 Å². The van der Waals surface area contributed by atoms with Gasteiger partial charge in [-0.05, 0) is 33.8 Å². The van der Waals surface area contributed by atoms with Gasteiger partial charge in [0.2, 0.25) is 0 Å². The maximum atomic E-state index is 12.3. The summed E-state index contributed by atoms with van der Waals surface area (Å²) >= 11 is 0. The Morgan fingerprint density at radius 1 is 1.47 bits per heavy atom. The summed E-state index contributed by atoms with van der Waals surface area (Å²) in [5.41, 5.74) is 1.82. The predicted molar refractivity (Wildman–Crippen MR) is 76.6 cm³/mol. The molecule has 0 aliphatic rings. The van der Waals surface area contributed by atoms with Gasteiger partial charge in [-0.1, -0.05) is 0 Å². The molecule has 1 aromatic heterocycles. The third-order valence-corrected chi connectivity index (χ3v) is 2.61. The van der Waals surface area contributed by atoms with Crippen molar-refractivity contribution >= 4 is 11.6 Å². The molecule has 1 heterocycles. The van der Waals surface area contributed by atoms with E-state index in [9.17, 15) is 4.79 Å². The van der Waals surface area contributed by atoms with E-state index in [1.807, 2.05) is 33.8 Å². The molecule has 5 heteroatoms. The van der Waals surface area contributed by atoms with Gasteiger partial charge in [0, 0.05) is 25.5 Å². The van der Waals surface area contributed by atoms with Crippen LogP contribution in [-0.2, 0) is 4.74 Å². The number of carbonyl (C=O) groups is 1. The van der Waals surface area contributed by atoms with Crippen LogP contribution in [0.5, 0.6) is 0 Å². The van der Waals surface area contributed by atoms with Crippen molar-refractivity contribution in [3.63, 3.8) is 0 Å². The smallest absolute Gasteiger partial charge is 0.255 e. The van der Waals surface area contributed by atoms with Crippen molar-refractivity contribution in [2.45, 2.75) is 33.2 Å². The largest absolute Gasteiger partial charge is 0.385 e. The Balaban J connectivity index is 2.93. The van der Waals surface area contributed by atoms with E-state index in [4.69, 9.17) is 4.74 Å². The monoisotopic (exact) mass is 265 g/mol. The summed E-state index contributed by atoms with van der Waals surface area (Å²) in [6.07, 6.45) is 1.60. The summed E-state index contributed by atoms with van der Waals surface area (Å²) in [5, 5.41) is 6.13. The molecule has 0 aliphatic heterocycles. The molecule has 1 amide bonds. The molecule has 0 saturated heterocycles. The number of ether oxygens (including phenoxy) is 1. The number of amides is 1. The average molecular weight is 265 g/mol. The maximum Gasteiger partial charge on any atom is 0.255 e. The van der Waals surface area contributed by atoms with E-state index < -0.39 is 5.54 Å². The number of nitrogens with one attached hydrogen (secondary N) is 2. The number of methoxy groups -OCH3 is 1. The third kappa shape index (κ3) is 4.52. The molecule has 0 spiro atoms. The molecule has 0 radical (unpaired) electrons. The first-order valence-electron chi connectivity index (χ1n) is 6.41. The molecule has 19 heavy (non-hydrogen) atoms. The van der Waals surface area contributed by atoms with Crippen LogP contribution in [0.2, 0.25) is 0 Å². The number of hydrogen-bond donors (Lipinski definition) is 2. The van der Waals surface area contributed by atoms with Crippen LogP contribution >= 0.6 is 0 Å². The van der Waals surface area contributed by atoms with Crippen LogP contribution in [0.25, 0.3) is 0 Å². The van der Waals surface area contributed by atoms with Gasteiger partial charge < -0.3 is 15.4 Å². The highest BCUT2D eigenvalue weighted by atomic mass is 16.5. The zero-order valence-corrected chi connectivity index (χ0v) is 12.3. The van der Waals surface area contributed by atoms with Crippen molar-refractivity contribution in [1.82, 2.24) is 10.3 Å². The highest BCUT2D eigenvalue weighted by molar-refractivity contribution is 5.99. The van der Waals surface area contributed by atoms with E-state index in [1.165, 1.54) is 0 Å². The van der Waals surface area contributed by atoms with Crippen LogP contribution in [0.1, 0.15) is 36.8 Å². The van der Waals surface area contributed by atoms with Crippen LogP contribution in [-0.4, -0.2) is 36.7 Å². The molecular formula is C14H23N3O2. The standard InChI is InChI=1S/C14H23N3O2/c1-6-15-12-7-10(2)16-8-11(12)13(18)17-14(3,4)9-19-5/h7-8H,6,9H2,1-5H3,(H,15,16)(H,17,18). The van der Waals surface area contributed by atoms with Crippen LogP contribution in [0, 0.1) is 6.92 Å². The lowest BCUT2D eigenvalue weighted by Gasteiger charge is -2.25. The second-order valence-corrected chi connectivity index (χ2v) is 5.17. The lowest BCUT2D eigenvalue weighted by molar-refractivity contribution is 0.0820. The minimum Gasteiger partial charge on any atom is -0.385 e. The lowest BCUT2D eigenvalue weighted by atomic mass is 10.1. The molecule has 0 bridgehead atoms. The van der Waals surface area contributed by atoms with Gasteiger partial charge in [0.1, 0.15) is 0 Å². The quantitative estimate of drug-likeness (QED) is 0.825. The van der Waals surface area contributed by atoms with Gasteiger partial charge in [0.15, 0.2) is 0 Å². The molecule has 0 aromatic carbocycles. The Morgan fingerprint density at radius 3 is 2.74 bits per heavy atom. The van der Waals surface area contributed by atoms with E-state index in [1.54, 1.807) is 13.3 Å². The summed E-state index contributed by atoms with van der Waals surface area (Å²) in [4.78, 5) is 16.5. The van der Waals surface area contributed by atoms with Crippen molar-refractivity contribution in [2.75, 3.05) is 25.6 Å². The van der Waals surface area contributed by atoms with Crippen molar-refractivity contribution in [1.29, 1.82) is 0 Å². The summed E-state index contributed by atoms with van der Waals surface area (Å²) in [6, 6.07) is 1.88. The molecule has 0 aliphatic carbocycles. The van der Waals surface area contributed by atoms with Gasteiger partial charge in [0.25, 0.3) is 5.91 Å². The molecule has 1 aromatic rings. The highest BCUT2D eigenvalue weighted by Crippen LogP contribution is 2.16.